The molecule has 0 fully saturated rings. The second-order valence-corrected chi connectivity index (χ2v) is 2.69. The highest BCUT2D eigenvalue weighted by Gasteiger charge is 1.99. The van der Waals surface area contributed by atoms with Gasteiger partial charge < -0.3 is 4.57 Å². The van der Waals surface area contributed by atoms with E-state index in [9.17, 15) is 4.79 Å². The average Bonchev–Trinajstić information content (AvgIpc) is 2.47. The molecule has 0 amide bonds. The van der Waals surface area contributed by atoms with Crippen LogP contribution in [0.2, 0.25) is 0 Å². The zero-order valence-corrected chi connectivity index (χ0v) is 6.69. The van der Waals surface area contributed by atoms with Crippen LogP contribution in [0.1, 0.15) is 10.5 Å². The Morgan fingerprint density at radius 1 is 1.42 bits per heavy atom. The summed E-state index contributed by atoms with van der Waals surface area (Å²) in [5.74, 6) is 0. The van der Waals surface area contributed by atoms with Gasteiger partial charge in [-0.15, -0.1) is 0 Å². The Bertz CT molecular complexity index is 431. The number of fused-ring (bicyclic) bond motifs is 1. The number of aromatic nitrogens is 2. The summed E-state index contributed by atoms with van der Waals surface area (Å²) in [7, 11) is 1.91. The molecule has 3 heteroatoms. The van der Waals surface area contributed by atoms with E-state index in [4.69, 9.17) is 0 Å². The first-order chi connectivity index (χ1) is 5.81. The SMILES string of the molecule is Cn1ccc2ccc(C=O)nc21. The van der Waals surface area contributed by atoms with E-state index in [1.165, 1.54) is 0 Å². The highest BCUT2D eigenvalue weighted by Crippen LogP contribution is 2.11. The van der Waals surface area contributed by atoms with Crippen LogP contribution in [0.4, 0.5) is 0 Å². The summed E-state index contributed by atoms with van der Waals surface area (Å²) in [5, 5.41) is 1.06. The molecule has 0 aliphatic rings. The van der Waals surface area contributed by atoms with Gasteiger partial charge in [0.2, 0.25) is 0 Å². The molecule has 3 nitrogen and oxygen atoms in total. The molecular formula is C9H8N2O. The van der Waals surface area contributed by atoms with Gasteiger partial charge in [-0.05, 0) is 18.2 Å². The van der Waals surface area contributed by atoms with E-state index in [0.29, 0.717) is 5.69 Å². The van der Waals surface area contributed by atoms with Crippen LogP contribution in [0.25, 0.3) is 11.0 Å². The predicted molar refractivity (Wildman–Crippen MR) is 46.1 cm³/mol. The summed E-state index contributed by atoms with van der Waals surface area (Å²) in [5.41, 5.74) is 1.32. The van der Waals surface area contributed by atoms with Gasteiger partial charge in [-0.1, -0.05) is 0 Å². The number of aryl methyl sites for hydroxylation is 1. The lowest BCUT2D eigenvalue weighted by molar-refractivity contribution is 0.111. The van der Waals surface area contributed by atoms with E-state index in [1.807, 2.05) is 29.9 Å². The summed E-state index contributed by atoms with van der Waals surface area (Å²) in [4.78, 5) is 14.6. The van der Waals surface area contributed by atoms with E-state index in [1.54, 1.807) is 6.07 Å². The van der Waals surface area contributed by atoms with Crippen molar-refractivity contribution in [1.29, 1.82) is 0 Å². The third-order valence-electron chi connectivity index (χ3n) is 1.86. The van der Waals surface area contributed by atoms with Gasteiger partial charge in [0.1, 0.15) is 11.3 Å². The van der Waals surface area contributed by atoms with E-state index in [0.717, 1.165) is 17.3 Å². The first-order valence-electron chi connectivity index (χ1n) is 3.68. The van der Waals surface area contributed by atoms with Gasteiger partial charge in [-0.2, -0.15) is 0 Å². The molecule has 0 spiro atoms. The third-order valence-corrected chi connectivity index (χ3v) is 1.86. The molecule has 0 saturated carbocycles. The number of carbonyl (C=O) groups excluding carboxylic acids is 1. The Kier molecular flexibility index (Phi) is 1.43. The molecule has 0 radical (unpaired) electrons. The second kappa shape index (κ2) is 2.44. The first kappa shape index (κ1) is 7.03. The van der Waals surface area contributed by atoms with Crippen LogP contribution in [-0.2, 0) is 7.05 Å². The molecule has 0 aliphatic heterocycles. The quantitative estimate of drug-likeness (QED) is 0.591. The van der Waals surface area contributed by atoms with Gasteiger partial charge in [0.05, 0.1) is 0 Å². The lowest BCUT2D eigenvalue weighted by Gasteiger charge is -1.94. The zero-order valence-electron chi connectivity index (χ0n) is 6.69. The minimum Gasteiger partial charge on any atom is -0.336 e. The summed E-state index contributed by atoms with van der Waals surface area (Å²) in [6.07, 6.45) is 2.68. The number of rotatable bonds is 1. The number of nitrogens with zero attached hydrogens (tertiary/aromatic N) is 2. The van der Waals surface area contributed by atoms with Gasteiger partial charge in [-0.25, -0.2) is 4.98 Å². The van der Waals surface area contributed by atoms with Crippen molar-refractivity contribution >= 4 is 17.3 Å². The Labute approximate surface area is 69.6 Å². The van der Waals surface area contributed by atoms with Crippen molar-refractivity contribution in [2.45, 2.75) is 0 Å². The molecule has 0 bridgehead atoms. The summed E-state index contributed by atoms with van der Waals surface area (Å²) < 4.78 is 1.89. The number of carbonyl (C=O) groups is 1. The molecule has 12 heavy (non-hydrogen) atoms. The highest BCUT2D eigenvalue weighted by molar-refractivity contribution is 5.81. The number of hydrogen-bond donors (Lipinski definition) is 0. The molecular weight excluding hydrogens is 152 g/mol. The second-order valence-electron chi connectivity index (χ2n) is 2.69. The maximum atomic E-state index is 10.4. The van der Waals surface area contributed by atoms with Crippen molar-refractivity contribution in [1.82, 2.24) is 9.55 Å². The standard InChI is InChI=1S/C9H8N2O/c1-11-5-4-7-2-3-8(6-12)10-9(7)11/h2-6H,1H3. The van der Waals surface area contributed by atoms with Crippen LogP contribution in [0.3, 0.4) is 0 Å². The maximum absolute atomic E-state index is 10.4. The molecule has 0 saturated heterocycles. The lowest BCUT2D eigenvalue weighted by atomic mass is 10.3. The lowest BCUT2D eigenvalue weighted by Crippen LogP contribution is -1.91. The molecule has 0 atom stereocenters. The smallest absolute Gasteiger partial charge is 0.168 e. The third kappa shape index (κ3) is 0.906. The molecule has 60 valence electrons. The van der Waals surface area contributed by atoms with Crippen LogP contribution < -0.4 is 0 Å². The molecule has 0 N–H and O–H groups in total. The molecule has 2 heterocycles. The van der Waals surface area contributed by atoms with E-state index < -0.39 is 0 Å². The highest BCUT2D eigenvalue weighted by atomic mass is 16.1. The Morgan fingerprint density at radius 3 is 3.00 bits per heavy atom. The van der Waals surface area contributed by atoms with Crippen LogP contribution >= 0.6 is 0 Å². The maximum Gasteiger partial charge on any atom is 0.168 e. The molecule has 2 aromatic rings. The fraction of sp³-hybridized carbons (Fsp3) is 0.111. The first-order valence-corrected chi connectivity index (χ1v) is 3.68. The van der Waals surface area contributed by atoms with Crippen LogP contribution in [-0.4, -0.2) is 15.8 Å². The van der Waals surface area contributed by atoms with Crippen molar-refractivity contribution in [2.24, 2.45) is 7.05 Å². The number of pyridine rings is 1. The van der Waals surface area contributed by atoms with Crippen LogP contribution in [0.5, 0.6) is 0 Å². The van der Waals surface area contributed by atoms with Crippen molar-refractivity contribution in [3.8, 4) is 0 Å². The zero-order chi connectivity index (χ0) is 8.55. The van der Waals surface area contributed by atoms with Gasteiger partial charge in [0.15, 0.2) is 6.29 Å². The van der Waals surface area contributed by atoms with Crippen molar-refractivity contribution in [3.63, 3.8) is 0 Å². The van der Waals surface area contributed by atoms with Crippen molar-refractivity contribution < 1.29 is 4.79 Å². The molecule has 0 aliphatic carbocycles. The van der Waals surface area contributed by atoms with Gasteiger partial charge in [0, 0.05) is 18.6 Å². The normalized spacial score (nSPS) is 10.4. The number of hydrogen-bond acceptors (Lipinski definition) is 2. The van der Waals surface area contributed by atoms with E-state index in [2.05, 4.69) is 4.98 Å². The average molecular weight is 160 g/mol. The number of aldehydes is 1. The topological polar surface area (TPSA) is 34.9 Å². The Balaban J connectivity index is 2.79. The fourth-order valence-electron chi connectivity index (χ4n) is 1.21. The molecule has 2 aromatic heterocycles. The molecule has 0 aromatic carbocycles. The van der Waals surface area contributed by atoms with Crippen LogP contribution in [0.15, 0.2) is 24.4 Å². The van der Waals surface area contributed by atoms with Gasteiger partial charge in [0.25, 0.3) is 0 Å². The van der Waals surface area contributed by atoms with Crippen molar-refractivity contribution in [2.75, 3.05) is 0 Å². The van der Waals surface area contributed by atoms with Gasteiger partial charge in [-0.3, -0.25) is 4.79 Å². The predicted octanol–water partition coefficient (Wildman–Crippen LogP) is 1.39. The van der Waals surface area contributed by atoms with Crippen molar-refractivity contribution in [3.05, 3.63) is 30.1 Å². The Hall–Kier alpha value is -1.64. The fourth-order valence-corrected chi connectivity index (χ4v) is 1.21. The van der Waals surface area contributed by atoms with E-state index >= 15 is 0 Å². The minimum atomic E-state index is 0.476. The molecule has 2 rings (SSSR count). The monoisotopic (exact) mass is 160 g/mol. The Morgan fingerprint density at radius 2 is 2.25 bits per heavy atom. The van der Waals surface area contributed by atoms with E-state index in [-0.39, 0.29) is 0 Å². The summed E-state index contributed by atoms with van der Waals surface area (Å²) >= 11 is 0. The van der Waals surface area contributed by atoms with Crippen LogP contribution in [0, 0.1) is 0 Å². The minimum absolute atomic E-state index is 0.476. The largest absolute Gasteiger partial charge is 0.336 e. The summed E-state index contributed by atoms with van der Waals surface area (Å²) in [6, 6.07) is 5.58. The summed E-state index contributed by atoms with van der Waals surface area (Å²) in [6.45, 7) is 0. The molecule has 0 unspecified atom stereocenters. The van der Waals surface area contributed by atoms with Gasteiger partial charge >= 0.3 is 0 Å².